The van der Waals surface area contributed by atoms with Gasteiger partial charge < -0.3 is 15.4 Å². The van der Waals surface area contributed by atoms with E-state index in [1.54, 1.807) is 0 Å². The van der Waals surface area contributed by atoms with Gasteiger partial charge >= 0.3 is 5.69 Å². The second kappa shape index (κ2) is 6.12. The Balaban J connectivity index is 1.97. The summed E-state index contributed by atoms with van der Waals surface area (Å²) in [7, 11) is 1.44. The van der Waals surface area contributed by atoms with Crippen LogP contribution < -0.4 is 26.6 Å². The Morgan fingerprint density at radius 1 is 1.35 bits per heavy atom. The van der Waals surface area contributed by atoms with Crippen LogP contribution in [0.25, 0.3) is 5.52 Å². The molecule has 4 rings (SSSR count). The van der Waals surface area contributed by atoms with Crippen molar-refractivity contribution in [2.45, 2.75) is 38.1 Å². The van der Waals surface area contributed by atoms with E-state index in [0.29, 0.717) is 29.9 Å². The van der Waals surface area contributed by atoms with Crippen LogP contribution in [0.2, 0.25) is 0 Å². The zero-order chi connectivity index (χ0) is 18.6. The molecule has 2 fully saturated rings. The molecular formula is C18H23FN4O3. The van der Waals surface area contributed by atoms with Crippen molar-refractivity contribution in [1.82, 2.24) is 9.38 Å². The van der Waals surface area contributed by atoms with Crippen molar-refractivity contribution >= 4 is 11.2 Å². The number of nitrogens with zero attached hydrogens (tertiary/aromatic N) is 2. The Morgan fingerprint density at radius 3 is 2.65 bits per heavy atom. The first-order valence-corrected chi connectivity index (χ1v) is 8.98. The number of nitrogens with two attached hydrogens (primary N) is 1. The number of H-pyrrole nitrogens is 1. The van der Waals surface area contributed by atoms with Gasteiger partial charge in [-0.15, -0.1) is 0 Å². The Bertz CT molecular complexity index is 977. The van der Waals surface area contributed by atoms with Gasteiger partial charge in [-0.05, 0) is 38.0 Å². The molecule has 26 heavy (non-hydrogen) atoms. The van der Waals surface area contributed by atoms with Crippen molar-refractivity contribution in [3.63, 3.8) is 0 Å². The van der Waals surface area contributed by atoms with Crippen LogP contribution in [-0.4, -0.2) is 35.6 Å². The molecule has 0 bridgehead atoms. The molecule has 1 aliphatic heterocycles. The summed E-state index contributed by atoms with van der Waals surface area (Å²) in [4.78, 5) is 28.9. The number of ether oxygens (including phenoxy) is 1. The van der Waals surface area contributed by atoms with Crippen molar-refractivity contribution in [3.8, 4) is 5.75 Å². The highest BCUT2D eigenvalue weighted by Gasteiger charge is 2.34. The van der Waals surface area contributed by atoms with E-state index in [2.05, 4.69) is 4.98 Å². The van der Waals surface area contributed by atoms with Crippen LogP contribution in [0.5, 0.6) is 5.75 Å². The summed E-state index contributed by atoms with van der Waals surface area (Å²) in [5.74, 6) is 0.0487. The van der Waals surface area contributed by atoms with E-state index in [1.807, 2.05) is 11.8 Å². The lowest BCUT2D eigenvalue weighted by molar-refractivity contribution is 0.412. The van der Waals surface area contributed by atoms with Crippen LogP contribution in [-0.2, 0) is 0 Å². The molecule has 0 aromatic carbocycles. The summed E-state index contributed by atoms with van der Waals surface area (Å²) in [6.07, 6.45) is 3.77. The average Bonchev–Trinajstić information content (AvgIpc) is 3.29. The quantitative estimate of drug-likeness (QED) is 0.852. The zero-order valence-corrected chi connectivity index (χ0v) is 14.9. The molecule has 0 amide bonds. The monoisotopic (exact) mass is 362 g/mol. The maximum atomic E-state index is 15.0. The fourth-order valence-electron chi connectivity index (χ4n) is 3.97. The van der Waals surface area contributed by atoms with Crippen molar-refractivity contribution in [2.75, 3.05) is 25.1 Å². The topological polar surface area (TPSA) is 92.8 Å². The van der Waals surface area contributed by atoms with Crippen molar-refractivity contribution in [1.29, 1.82) is 0 Å². The fourth-order valence-corrected chi connectivity index (χ4v) is 3.97. The van der Waals surface area contributed by atoms with Gasteiger partial charge in [0.15, 0.2) is 11.6 Å². The zero-order valence-electron chi connectivity index (χ0n) is 14.9. The van der Waals surface area contributed by atoms with E-state index >= 15 is 0 Å². The van der Waals surface area contributed by atoms with Crippen LogP contribution in [0, 0.1) is 11.7 Å². The predicted octanol–water partition coefficient (Wildman–Crippen LogP) is 1.19. The third-order valence-electron chi connectivity index (χ3n) is 5.55. The number of aromatic amines is 1. The van der Waals surface area contributed by atoms with Crippen LogP contribution in [0.1, 0.15) is 37.7 Å². The van der Waals surface area contributed by atoms with Crippen LogP contribution in [0.3, 0.4) is 0 Å². The summed E-state index contributed by atoms with van der Waals surface area (Å²) >= 11 is 0. The third kappa shape index (κ3) is 2.59. The molecular weight excluding hydrogens is 339 g/mol. The number of rotatable bonds is 4. The second-order valence-corrected chi connectivity index (χ2v) is 7.38. The minimum atomic E-state index is -0.659. The van der Waals surface area contributed by atoms with Crippen molar-refractivity contribution in [3.05, 3.63) is 38.4 Å². The molecule has 1 saturated carbocycles. The van der Waals surface area contributed by atoms with Gasteiger partial charge in [0.1, 0.15) is 11.2 Å². The van der Waals surface area contributed by atoms with E-state index < -0.39 is 17.1 Å². The molecule has 2 atom stereocenters. The number of halogens is 1. The molecule has 140 valence electrons. The molecule has 1 saturated heterocycles. The lowest BCUT2D eigenvalue weighted by Gasteiger charge is -2.24. The number of hydrogen-bond donors (Lipinski definition) is 2. The maximum Gasteiger partial charge on any atom is 0.333 e. The molecule has 0 radical (unpaired) electrons. The lowest BCUT2D eigenvalue weighted by atomic mass is 10.0. The van der Waals surface area contributed by atoms with E-state index in [0.717, 1.165) is 29.9 Å². The summed E-state index contributed by atoms with van der Waals surface area (Å²) in [6.45, 7) is 3.22. The summed E-state index contributed by atoms with van der Waals surface area (Å²) in [5.41, 5.74) is 6.13. The fraction of sp³-hybridized carbons (Fsp3) is 0.556. The van der Waals surface area contributed by atoms with Gasteiger partial charge in [0, 0.05) is 24.7 Å². The van der Waals surface area contributed by atoms with Gasteiger partial charge in [-0.3, -0.25) is 14.2 Å². The Labute approximate surface area is 149 Å². The average molecular weight is 362 g/mol. The highest BCUT2D eigenvalue weighted by molar-refractivity contribution is 5.78. The highest BCUT2D eigenvalue weighted by Crippen LogP contribution is 2.45. The first kappa shape index (κ1) is 17.1. The molecule has 7 nitrogen and oxygen atoms in total. The Morgan fingerprint density at radius 2 is 2.08 bits per heavy atom. The molecule has 1 unspecified atom stereocenters. The second-order valence-electron chi connectivity index (χ2n) is 7.38. The Kier molecular flexibility index (Phi) is 4.02. The number of fused-ring (bicyclic) bond motifs is 1. The summed E-state index contributed by atoms with van der Waals surface area (Å²) in [6, 6.07) is 0.0157. The summed E-state index contributed by atoms with van der Waals surface area (Å²) in [5, 5.41) is 0. The molecule has 0 spiro atoms. The minimum absolute atomic E-state index is 0.0157. The molecule has 3 N–H and O–H groups in total. The molecule has 1 aliphatic carbocycles. The lowest BCUT2D eigenvalue weighted by Crippen LogP contribution is -2.32. The van der Waals surface area contributed by atoms with Gasteiger partial charge in [-0.1, -0.05) is 0 Å². The molecule has 2 aromatic heterocycles. The molecule has 3 heterocycles. The number of hydrogen-bond acceptors (Lipinski definition) is 5. The SMILES string of the molecule is COc1c(N2CCC([C@H](C)N)C2)c(F)cn2c(=O)[nH]c(=O)c(C3CC3)c12. The number of nitrogens with one attached hydrogen (secondary N) is 1. The minimum Gasteiger partial charge on any atom is -0.492 e. The molecule has 2 aromatic rings. The number of aromatic nitrogens is 2. The van der Waals surface area contributed by atoms with Gasteiger partial charge in [0.25, 0.3) is 5.56 Å². The van der Waals surface area contributed by atoms with Crippen LogP contribution >= 0.6 is 0 Å². The van der Waals surface area contributed by atoms with Gasteiger partial charge in [-0.25, -0.2) is 9.18 Å². The standard InChI is InChI=1S/C18H23FN4O3/c1-9(20)11-5-6-22(7-11)14-12(19)8-23-15(16(14)26-2)13(10-3-4-10)17(24)21-18(23)25/h8-11H,3-7,20H2,1-2H3,(H,21,24,25)/t9-,11?/m0/s1. The first-order chi connectivity index (χ1) is 12.4. The van der Waals surface area contributed by atoms with E-state index in [9.17, 15) is 14.0 Å². The maximum absolute atomic E-state index is 15.0. The largest absolute Gasteiger partial charge is 0.492 e. The number of anilines is 1. The van der Waals surface area contributed by atoms with Crippen LogP contribution in [0.4, 0.5) is 10.1 Å². The smallest absolute Gasteiger partial charge is 0.333 e. The van der Waals surface area contributed by atoms with E-state index in [1.165, 1.54) is 7.11 Å². The van der Waals surface area contributed by atoms with Crippen LogP contribution in [0.15, 0.2) is 15.8 Å². The highest BCUT2D eigenvalue weighted by atomic mass is 19.1. The number of pyridine rings is 1. The molecule has 2 aliphatic rings. The Hall–Kier alpha value is -2.35. The van der Waals surface area contributed by atoms with Gasteiger partial charge in [0.2, 0.25) is 0 Å². The van der Waals surface area contributed by atoms with Gasteiger partial charge in [0.05, 0.1) is 13.3 Å². The third-order valence-corrected chi connectivity index (χ3v) is 5.55. The normalized spacial score (nSPS) is 21.4. The number of methoxy groups -OCH3 is 1. The van der Waals surface area contributed by atoms with E-state index in [-0.39, 0.29) is 23.6 Å². The van der Waals surface area contributed by atoms with Gasteiger partial charge in [-0.2, -0.15) is 0 Å². The van der Waals surface area contributed by atoms with E-state index in [4.69, 9.17) is 10.5 Å². The molecule has 8 heteroatoms. The van der Waals surface area contributed by atoms with Crippen molar-refractivity contribution in [2.24, 2.45) is 11.7 Å². The van der Waals surface area contributed by atoms with Crippen molar-refractivity contribution < 1.29 is 9.13 Å². The summed E-state index contributed by atoms with van der Waals surface area (Å²) < 4.78 is 21.7. The predicted molar refractivity (Wildman–Crippen MR) is 96.7 cm³/mol. The first-order valence-electron chi connectivity index (χ1n) is 8.98.